The van der Waals surface area contributed by atoms with Gasteiger partial charge >= 0.3 is 0 Å². The van der Waals surface area contributed by atoms with E-state index in [0.717, 1.165) is 44.4 Å². The largest absolute Gasteiger partial charge is 0.458 e. The van der Waals surface area contributed by atoms with Crippen LogP contribution in [0.4, 0.5) is 0 Å². The molecule has 0 fully saturated rings. The van der Waals surface area contributed by atoms with E-state index >= 15 is 0 Å². The fourth-order valence-corrected chi connectivity index (χ4v) is 8.17. The van der Waals surface area contributed by atoms with E-state index in [1.807, 2.05) is 76.3 Å². The maximum absolute atomic E-state index is 9.04. The van der Waals surface area contributed by atoms with Gasteiger partial charge < -0.3 is 4.74 Å². The summed E-state index contributed by atoms with van der Waals surface area (Å²) in [7, 11) is 0. The number of hydrogen-bond donors (Lipinski definition) is 0. The van der Waals surface area contributed by atoms with Crippen molar-refractivity contribution in [3.8, 4) is 50.9 Å². The molecule has 0 amide bonds. The summed E-state index contributed by atoms with van der Waals surface area (Å²) < 4.78 is 56.2. The number of benzene rings is 6. The highest BCUT2D eigenvalue weighted by Gasteiger charge is 2.24. The molecule has 62 heavy (non-hydrogen) atoms. The van der Waals surface area contributed by atoms with E-state index in [0.29, 0.717) is 34.6 Å². The molecule has 0 spiro atoms. The lowest BCUT2D eigenvalue weighted by Crippen LogP contribution is -2.30. The Balaban J connectivity index is 1.15. The van der Waals surface area contributed by atoms with Crippen molar-refractivity contribution in [2.45, 2.75) is 79.1 Å². The van der Waals surface area contributed by atoms with Gasteiger partial charge in [0.25, 0.3) is 6.33 Å². The Hall–Kier alpha value is -6.72. The minimum atomic E-state index is -0.433. The van der Waals surface area contributed by atoms with Crippen LogP contribution in [0.5, 0.6) is 11.5 Å². The molecule has 0 radical (unpaired) electrons. The third-order valence-corrected chi connectivity index (χ3v) is 12.1. The number of fused-ring (bicyclic) bond motifs is 3. The average molecular weight is 818 g/mol. The molecule has 1 atom stereocenters. The third kappa shape index (κ3) is 7.84. The summed E-state index contributed by atoms with van der Waals surface area (Å²) in [5, 5.41) is 2.25. The molecule has 0 aliphatic carbocycles. The number of nitrogens with zero attached hydrogens (tertiary/aromatic N) is 4. The van der Waals surface area contributed by atoms with E-state index in [2.05, 4.69) is 140 Å². The zero-order valence-corrected chi connectivity index (χ0v) is 37.1. The van der Waals surface area contributed by atoms with Crippen molar-refractivity contribution in [3.05, 3.63) is 187 Å². The molecule has 3 heterocycles. The molecular weight excluding hydrogens is 757 g/mol. The highest BCUT2D eigenvalue weighted by Crippen LogP contribution is 2.39. The highest BCUT2D eigenvalue weighted by atomic mass is 16.5. The van der Waals surface area contributed by atoms with Crippen LogP contribution in [-0.2, 0) is 10.8 Å². The Morgan fingerprint density at radius 3 is 2.06 bits per heavy atom. The summed E-state index contributed by atoms with van der Waals surface area (Å²) in [4.78, 5) is 4.87. The van der Waals surface area contributed by atoms with Crippen LogP contribution in [0.1, 0.15) is 91.8 Å². The summed E-state index contributed by atoms with van der Waals surface area (Å²) in [6, 6.07) is 37.4. The first-order valence-corrected chi connectivity index (χ1v) is 21.5. The molecule has 9 aromatic rings. The fourth-order valence-electron chi connectivity index (χ4n) is 8.17. The summed E-state index contributed by atoms with van der Waals surface area (Å²) in [6.45, 7) is 20.0. The van der Waals surface area contributed by atoms with Crippen LogP contribution in [0.2, 0.25) is 0 Å². The molecule has 310 valence electrons. The van der Waals surface area contributed by atoms with Gasteiger partial charge in [0.05, 0.1) is 29.3 Å². The standard InChI is InChI=1S/C57H56N4O/c1-38(2)39(3)41-27-28-58-54(33-41)61-52-24-14-13-21-50(52)51-26-25-47(36-53(51)61)62-46-20-15-19-45(35-46)59-29-30-60(37-59)55-48(40-17-11-10-12-18-40)22-16-23-49(55)42-31-43(56(4,5)6)34-44(32-42)57(7,8)9/h10-36,38-39H,1-9H3/i10D,11D,12D,17D,18D. The van der Waals surface area contributed by atoms with E-state index in [4.69, 9.17) is 16.6 Å². The van der Waals surface area contributed by atoms with Crippen molar-refractivity contribution in [1.29, 1.82) is 0 Å². The van der Waals surface area contributed by atoms with E-state index in [1.54, 1.807) is 0 Å². The van der Waals surface area contributed by atoms with Crippen molar-refractivity contribution in [2.75, 3.05) is 0 Å². The van der Waals surface area contributed by atoms with Crippen LogP contribution in [0, 0.1) is 12.2 Å². The molecule has 0 bridgehead atoms. The highest BCUT2D eigenvalue weighted by molar-refractivity contribution is 6.09. The smallest absolute Gasteiger partial charge is 0.268 e. The molecule has 3 aromatic heterocycles. The van der Waals surface area contributed by atoms with Gasteiger partial charge in [0.1, 0.15) is 17.3 Å². The first kappa shape index (κ1) is 34.9. The van der Waals surface area contributed by atoms with Crippen molar-refractivity contribution >= 4 is 21.8 Å². The summed E-state index contributed by atoms with van der Waals surface area (Å²) in [5.74, 6) is 3.03. The second kappa shape index (κ2) is 16.0. The van der Waals surface area contributed by atoms with Crippen molar-refractivity contribution in [2.24, 2.45) is 5.92 Å². The van der Waals surface area contributed by atoms with Crippen LogP contribution in [-0.4, -0.2) is 14.1 Å². The Bertz CT molecular complexity index is 3310. The van der Waals surface area contributed by atoms with Gasteiger partial charge in [0.2, 0.25) is 0 Å². The minimum absolute atomic E-state index is 0.125. The van der Waals surface area contributed by atoms with Gasteiger partial charge in [-0.3, -0.25) is 13.7 Å². The summed E-state index contributed by atoms with van der Waals surface area (Å²) in [5.41, 5.74) is 9.17. The predicted molar refractivity (Wildman–Crippen MR) is 256 cm³/mol. The average Bonchev–Trinajstić information content (AvgIpc) is 3.93. The van der Waals surface area contributed by atoms with Gasteiger partial charge in [0.15, 0.2) is 0 Å². The first-order chi connectivity index (χ1) is 31.8. The molecular formula is C57H56N4O. The maximum Gasteiger partial charge on any atom is 0.268 e. The van der Waals surface area contributed by atoms with E-state index < -0.39 is 6.04 Å². The number of para-hydroxylation sites is 2. The van der Waals surface area contributed by atoms with Crippen LogP contribution in [0.15, 0.2) is 164 Å². The molecule has 0 saturated heterocycles. The van der Waals surface area contributed by atoms with Crippen molar-refractivity contribution in [1.82, 2.24) is 14.1 Å². The maximum atomic E-state index is 9.04. The summed E-state index contributed by atoms with van der Waals surface area (Å²) in [6.07, 6.45) is 9.22. The van der Waals surface area contributed by atoms with Crippen LogP contribution >= 0.6 is 0 Å². The van der Waals surface area contributed by atoms with Gasteiger partial charge in [0, 0.05) is 35.4 Å². The number of rotatable bonds is 9. The van der Waals surface area contributed by atoms with Crippen molar-refractivity contribution < 1.29 is 16.2 Å². The molecule has 0 aliphatic rings. The van der Waals surface area contributed by atoms with Crippen LogP contribution < -0.4 is 9.30 Å². The number of aromatic nitrogens is 4. The SMILES string of the molecule is [2H]c1c([2H])c([2H])c(-c2cccc(-c3cc(C(C)(C)C)cc(C(C)(C)C)c3)c2-[n+]2[c-]n(-c3cccc(Oc4ccc5c6ccccc6n(-c6cc(C(C)C(C)C)ccn6)c5c4)c3)cc2)c([2H])c1[2H]. The second-order valence-corrected chi connectivity index (χ2v) is 18.7. The fraction of sp³-hybridized carbons (Fsp3) is 0.228. The quantitative estimate of drug-likeness (QED) is 0.107. The monoisotopic (exact) mass is 817 g/mol. The first-order valence-electron chi connectivity index (χ1n) is 24.0. The van der Waals surface area contributed by atoms with Gasteiger partial charge in [-0.25, -0.2) is 4.98 Å². The normalized spacial score (nSPS) is 13.8. The Kier molecular flexibility index (Phi) is 8.99. The van der Waals surface area contributed by atoms with Crippen LogP contribution in [0.25, 0.3) is 61.3 Å². The topological polar surface area (TPSA) is 35.9 Å². The Morgan fingerprint density at radius 2 is 1.34 bits per heavy atom. The predicted octanol–water partition coefficient (Wildman–Crippen LogP) is 14.5. The number of hydrogen-bond acceptors (Lipinski definition) is 2. The zero-order chi connectivity index (χ0) is 47.7. The van der Waals surface area contributed by atoms with Crippen molar-refractivity contribution in [3.63, 3.8) is 0 Å². The minimum Gasteiger partial charge on any atom is -0.458 e. The summed E-state index contributed by atoms with van der Waals surface area (Å²) >= 11 is 0. The lowest BCUT2D eigenvalue weighted by Gasteiger charge is -2.27. The molecule has 5 heteroatoms. The molecule has 9 rings (SSSR count). The van der Waals surface area contributed by atoms with Gasteiger partial charge in [-0.05, 0) is 110 Å². The molecule has 0 aliphatic heterocycles. The van der Waals surface area contributed by atoms with E-state index in [-0.39, 0.29) is 40.6 Å². The lowest BCUT2D eigenvalue weighted by atomic mass is 9.78. The van der Waals surface area contributed by atoms with Gasteiger partial charge in [-0.15, -0.1) is 0 Å². The van der Waals surface area contributed by atoms with Crippen LogP contribution in [0.3, 0.4) is 0 Å². The number of imidazole rings is 1. The number of pyridine rings is 1. The third-order valence-electron chi connectivity index (χ3n) is 12.1. The molecule has 0 saturated carbocycles. The molecule has 6 aromatic carbocycles. The lowest BCUT2D eigenvalue weighted by molar-refractivity contribution is -0.598. The molecule has 1 unspecified atom stereocenters. The molecule has 0 N–H and O–H groups in total. The Morgan fingerprint density at radius 1 is 0.661 bits per heavy atom. The number of ether oxygens (including phenoxy) is 1. The van der Waals surface area contributed by atoms with Gasteiger partial charge in [-0.2, -0.15) is 0 Å². The van der Waals surface area contributed by atoms with E-state index in [1.165, 1.54) is 16.7 Å². The van der Waals surface area contributed by atoms with E-state index in [9.17, 15) is 0 Å². The zero-order valence-electron chi connectivity index (χ0n) is 42.1. The Labute approximate surface area is 374 Å². The molecule has 5 nitrogen and oxygen atoms in total. The second-order valence-electron chi connectivity index (χ2n) is 18.7. The van der Waals surface area contributed by atoms with Gasteiger partial charge in [-0.1, -0.05) is 153 Å².